The lowest BCUT2D eigenvalue weighted by Crippen LogP contribution is -2.36. The fourth-order valence-corrected chi connectivity index (χ4v) is 3.84. The Bertz CT molecular complexity index is 1140. The van der Waals surface area contributed by atoms with Gasteiger partial charge in [0.25, 0.3) is 5.56 Å². The summed E-state index contributed by atoms with van der Waals surface area (Å²) in [7, 11) is 0. The summed E-state index contributed by atoms with van der Waals surface area (Å²) in [5.41, 5.74) is 11.4. The van der Waals surface area contributed by atoms with E-state index in [9.17, 15) is 4.79 Å². The second kappa shape index (κ2) is 10.2. The van der Waals surface area contributed by atoms with Gasteiger partial charge in [-0.1, -0.05) is 24.6 Å². The van der Waals surface area contributed by atoms with Crippen LogP contribution in [-0.4, -0.2) is 32.6 Å². The molecule has 0 aliphatic carbocycles. The van der Waals surface area contributed by atoms with Crippen molar-refractivity contribution in [1.29, 1.82) is 5.26 Å². The number of anilines is 2. The van der Waals surface area contributed by atoms with Gasteiger partial charge in [-0.3, -0.25) is 9.36 Å². The molecule has 3 aromatic rings. The average molecular weight is 441 g/mol. The van der Waals surface area contributed by atoms with Crippen molar-refractivity contribution in [2.45, 2.75) is 32.7 Å². The molecule has 10 heteroatoms. The minimum Gasteiger partial charge on any atom is -0.382 e. The van der Waals surface area contributed by atoms with Crippen LogP contribution in [0.1, 0.15) is 31.2 Å². The molecule has 0 amide bonds. The van der Waals surface area contributed by atoms with Crippen LogP contribution in [-0.2, 0) is 13.0 Å². The molecule has 0 saturated carbocycles. The number of aryl methyl sites for hydroxylation is 1. The number of nitrogens with two attached hydrogens (primary N) is 2. The van der Waals surface area contributed by atoms with E-state index in [1.54, 1.807) is 12.1 Å². The van der Waals surface area contributed by atoms with E-state index in [2.05, 4.69) is 20.3 Å². The molecule has 1 aliphatic rings. The first-order valence-corrected chi connectivity index (χ1v) is 10.5. The Morgan fingerprint density at radius 3 is 2.65 bits per heavy atom. The average Bonchev–Trinajstić information content (AvgIpc) is 2.77. The zero-order chi connectivity index (χ0) is 22.4. The van der Waals surface area contributed by atoms with Crippen molar-refractivity contribution in [2.24, 2.45) is 5.92 Å². The molecular weight excluding hydrogens is 416 g/mol. The molecule has 1 aliphatic heterocycles. The Hall–Kier alpha value is -3.22. The summed E-state index contributed by atoms with van der Waals surface area (Å²) >= 11 is 6.21. The van der Waals surface area contributed by atoms with Crippen molar-refractivity contribution in [3.63, 3.8) is 0 Å². The number of hydrogen-bond acceptors (Lipinski definition) is 8. The number of nitrogens with one attached hydrogen (secondary N) is 1. The molecule has 1 saturated heterocycles. The van der Waals surface area contributed by atoms with E-state index in [4.69, 9.17) is 28.3 Å². The molecular formula is C21H25ClN8O. The standard InChI is InChI=1S/C16H20ClN3O.C5H5N5/c1-2-14-19-13-7-3-6-12(17)15(13)16(21)20(14)10-11-5-4-8-18-9-11;6-1-3-4(7)9-2-10-5(3)8/h3,6-7,11,18H,2,4-5,8-10H2,1H3;2H,(H4,7,8,9,10). The van der Waals surface area contributed by atoms with Crippen molar-refractivity contribution >= 4 is 34.1 Å². The molecule has 162 valence electrons. The molecule has 1 unspecified atom stereocenters. The third-order valence-corrected chi connectivity index (χ3v) is 5.50. The van der Waals surface area contributed by atoms with E-state index in [-0.39, 0.29) is 22.8 Å². The lowest BCUT2D eigenvalue weighted by molar-refractivity contribution is 0.329. The zero-order valence-corrected chi connectivity index (χ0v) is 18.1. The molecule has 1 fully saturated rings. The number of nitrogen functional groups attached to an aromatic ring is 2. The van der Waals surface area contributed by atoms with Gasteiger partial charge in [-0.05, 0) is 44.0 Å². The predicted octanol–water partition coefficient (Wildman–Crippen LogP) is 2.12. The first-order chi connectivity index (χ1) is 15.0. The first-order valence-electron chi connectivity index (χ1n) is 10.1. The number of fused-ring (bicyclic) bond motifs is 1. The fourth-order valence-electron chi connectivity index (χ4n) is 3.59. The maximum absolute atomic E-state index is 12.8. The highest BCUT2D eigenvalue weighted by Gasteiger charge is 2.18. The molecule has 2 aromatic heterocycles. The van der Waals surface area contributed by atoms with E-state index in [0.29, 0.717) is 21.8 Å². The first kappa shape index (κ1) is 22.5. The topological polar surface area (TPSA) is 149 Å². The third kappa shape index (κ3) is 5.10. The van der Waals surface area contributed by atoms with Crippen LogP contribution < -0.4 is 22.3 Å². The maximum Gasteiger partial charge on any atom is 0.262 e. The molecule has 0 spiro atoms. The number of nitrogens with zero attached hydrogens (tertiary/aromatic N) is 5. The van der Waals surface area contributed by atoms with Crippen molar-refractivity contribution in [2.75, 3.05) is 24.6 Å². The van der Waals surface area contributed by atoms with E-state index in [0.717, 1.165) is 38.3 Å². The highest BCUT2D eigenvalue weighted by atomic mass is 35.5. The SMILES string of the molecule is CCc1nc2cccc(Cl)c2c(=O)n1CC1CCCNC1.N#Cc1c(N)ncnc1N. The van der Waals surface area contributed by atoms with Gasteiger partial charge < -0.3 is 16.8 Å². The van der Waals surface area contributed by atoms with Gasteiger partial charge >= 0.3 is 0 Å². The van der Waals surface area contributed by atoms with Crippen LogP contribution >= 0.6 is 11.6 Å². The molecule has 4 rings (SSSR count). The minimum absolute atomic E-state index is 0.00646. The largest absolute Gasteiger partial charge is 0.382 e. The Kier molecular flexibility index (Phi) is 7.39. The summed E-state index contributed by atoms with van der Waals surface area (Å²) in [5, 5.41) is 12.8. The molecule has 0 radical (unpaired) electrons. The fraction of sp³-hybridized carbons (Fsp3) is 0.381. The van der Waals surface area contributed by atoms with Crippen molar-refractivity contribution in [3.05, 3.63) is 51.3 Å². The van der Waals surface area contributed by atoms with Gasteiger partial charge in [0.05, 0.1) is 15.9 Å². The van der Waals surface area contributed by atoms with Crippen LogP contribution in [0, 0.1) is 17.2 Å². The summed E-state index contributed by atoms with van der Waals surface area (Å²) in [6.45, 7) is 4.81. The Labute approximate surface area is 185 Å². The number of nitriles is 1. The third-order valence-electron chi connectivity index (χ3n) is 5.19. The van der Waals surface area contributed by atoms with E-state index in [1.807, 2.05) is 23.6 Å². The highest BCUT2D eigenvalue weighted by molar-refractivity contribution is 6.35. The van der Waals surface area contributed by atoms with Gasteiger partial charge in [0, 0.05) is 13.0 Å². The summed E-state index contributed by atoms with van der Waals surface area (Å²) in [4.78, 5) is 24.6. The molecule has 1 atom stereocenters. The monoisotopic (exact) mass is 440 g/mol. The van der Waals surface area contributed by atoms with Crippen molar-refractivity contribution in [1.82, 2.24) is 24.8 Å². The van der Waals surface area contributed by atoms with Crippen LogP contribution in [0.15, 0.2) is 29.3 Å². The molecule has 1 aromatic carbocycles. The Morgan fingerprint density at radius 1 is 1.32 bits per heavy atom. The van der Waals surface area contributed by atoms with Crippen LogP contribution in [0.3, 0.4) is 0 Å². The second-order valence-corrected chi connectivity index (χ2v) is 7.68. The van der Waals surface area contributed by atoms with Gasteiger partial charge in [0.2, 0.25) is 0 Å². The number of halogens is 1. The number of hydrogen-bond donors (Lipinski definition) is 3. The molecule has 9 nitrogen and oxygen atoms in total. The second-order valence-electron chi connectivity index (χ2n) is 7.27. The quantitative estimate of drug-likeness (QED) is 0.560. The molecule has 31 heavy (non-hydrogen) atoms. The van der Waals surface area contributed by atoms with Gasteiger partial charge in [-0.25, -0.2) is 15.0 Å². The Balaban J connectivity index is 0.000000229. The van der Waals surface area contributed by atoms with Gasteiger partial charge in [0.1, 0.15) is 35.4 Å². The normalized spacial score (nSPS) is 15.7. The number of rotatable bonds is 3. The maximum atomic E-state index is 12.8. The highest BCUT2D eigenvalue weighted by Crippen LogP contribution is 2.20. The number of benzene rings is 1. The van der Waals surface area contributed by atoms with Crippen LogP contribution in [0.2, 0.25) is 5.02 Å². The predicted molar refractivity (Wildman–Crippen MR) is 122 cm³/mol. The minimum atomic E-state index is -0.00646. The zero-order valence-electron chi connectivity index (χ0n) is 17.3. The summed E-state index contributed by atoms with van der Waals surface area (Å²) in [6.07, 6.45) is 4.29. The van der Waals surface area contributed by atoms with Crippen molar-refractivity contribution in [3.8, 4) is 6.07 Å². The summed E-state index contributed by atoms with van der Waals surface area (Å²) in [6, 6.07) is 7.24. The van der Waals surface area contributed by atoms with Crippen molar-refractivity contribution < 1.29 is 0 Å². The van der Waals surface area contributed by atoms with E-state index < -0.39 is 0 Å². The molecule has 5 N–H and O–H groups in total. The summed E-state index contributed by atoms with van der Waals surface area (Å²) in [5.74, 6) is 1.58. The molecule has 3 heterocycles. The lowest BCUT2D eigenvalue weighted by atomic mass is 9.99. The summed E-state index contributed by atoms with van der Waals surface area (Å²) < 4.78 is 1.83. The van der Waals surface area contributed by atoms with Crippen LogP contribution in [0.5, 0.6) is 0 Å². The lowest BCUT2D eigenvalue weighted by Gasteiger charge is -2.24. The van der Waals surface area contributed by atoms with Gasteiger partial charge in [0.15, 0.2) is 0 Å². The smallest absolute Gasteiger partial charge is 0.262 e. The van der Waals surface area contributed by atoms with Crippen LogP contribution in [0.25, 0.3) is 10.9 Å². The Morgan fingerprint density at radius 2 is 2.06 bits per heavy atom. The van der Waals surface area contributed by atoms with Gasteiger partial charge in [-0.15, -0.1) is 0 Å². The molecule has 0 bridgehead atoms. The number of aromatic nitrogens is 4. The van der Waals surface area contributed by atoms with E-state index in [1.165, 1.54) is 12.7 Å². The number of piperidine rings is 1. The van der Waals surface area contributed by atoms with Crippen LogP contribution in [0.4, 0.5) is 11.6 Å². The van der Waals surface area contributed by atoms with Gasteiger partial charge in [-0.2, -0.15) is 5.26 Å². The van der Waals surface area contributed by atoms with E-state index >= 15 is 0 Å².